The van der Waals surface area contributed by atoms with Crippen molar-refractivity contribution in [2.75, 3.05) is 11.1 Å². The first-order valence-electron chi connectivity index (χ1n) is 9.11. The number of carbonyl (C=O) groups excluding carboxylic acids is 1. The number of nitrogens with one attached hydrogen (secondary N) is 1. The van der Waals surface area contributed by atoms with Gasteiger partial charge in [0, 0.05) is 35.6 Å². The van der Waals surface area contributed by atoms with Gasteiger partial charge in [0.2, 0.25) is 5.91 Å². The van der Waals surface area contributed by atoms with E-state index in [0.29, 0.717) is 35.6 Å². The van der Waals surface area contributed by atoms with Crippen molar-refractivity contribution in [2.45, 2.75) is 19.8 Å². The van der Waals surface area contributed by atoms with Crippen LogP contribution < -0.4 is 11.1 Å². The summed E-state index contributed by atoms with van der Waals surface area (Å²) in [6, 6.07) is 5.52. The zero-order valence-electron chi connectivity index (χ0n) is 15.7. The largest absolute Gasteiger partial charge is 0.481 e. The van der Waals surface area contributed by atoms with E-state index in [0.717, 1.165) is 22.1 Å². The molecule has 0 saturated heterocycles. The van der Waals surface area contributed by atoms with Gasteiger partial charge < -0.3 is 16.2 Å². The summed E-state index contributed by atoms with van der Waals surface area (Å²) in [7, 11) is 0. The molecule has 1 fully saturated rings. The molecule has 4 rings (SSSR count). The number of aromatic nitrogens is 3. The number of pyridine rings is 3. The minimum absolute atomic E-state index is 0.332. The minimum Gasteiger partial charge on any atom is -0.481 e. The van der Waals surface area contributed by atoms with Crippen LogP contribution >= 0.6 is 0 Å². The van der Waals surface area contributed by atoms with Crippen LogP contribution in [-0.4, -0.2) is 31.9 Å². The van der Waals surface area contributed by atoms with Gasteiger partial charge in [-0.15, -0.1) is 0 Å². The first-order chi connectivity index (χ1) is 13.9. The van der Waals surface area contributed by atoms with Crippen molar-refractivity contribution in [3.05, 3.63) is 54.0 Å². The van der Waals surface area contributed by atoms with Crippen LogP contribution in [0.3, 0.4) is 0 Å². The fourth-order valence-corrected chi connectivity index (χ4v) is 3.33. The SMILES string of the molecule is Cc1ccncc1-c1cc2cc(NC(=O)C=C3CC(C(=O)O)C3)ncc2c(N)n1. The van der Waals surface area contributed by atoms with E-state index in [4.69, 9.17) is 10.8 Å². The zero-order chi connectivity index (χ0) is 20.5. The topological polar surface area (TPSA) is 131 Å². The Morgan fingerprint density at radius 3 is 2.79 bits per heavy atom. The number of aliphatic carboxylic acids is 1. The van der Waals surface area contributed by atoms with E-state index in [1.54, 1.807) is 24.7 Å². The van der Waals surface area contributed by atoms with Crippen LogP contribution in [0.25, 0.3) is 22.0 Å². The Labute approximate surface area is 166 Å². The van der Waals surface area contributed by atoms with Gasteiger partial charge in [-0.3, -0.25) is 14.6 Å². The first kappa shape index (κ1) is 18.5. The Hall–Kier alpha value is -3.81. The molecule has 3 aromatic heterocycles. The average molecular weight is 389 g/mol. The smallest absolute Gasteiger partial charge is 0.307 e. The molecule has 8 nitrogen and oxygen atoms in total. The Morgan fingerprint density at radius 1 is 1.28 bits per heavy atom. The van der Waals surface area contributed by atoms with E-state index in [-0.39, 0.29) is 5.91 Å². The molecule has 3 aromatic rings. The Morgan fingerprint density at radius 2 is 2.07 bits per heavy atom. The molecule has 1 aliphatic carbocycles. The zero-order valence-corrected chi connectivity index (χ0v) is 15.7. The molecule has 3 heterocycles. The molecule has 8 heteroatoms. The number of hydrogen-bond donors (Lipinski definition) is 3. The molecule has 0 radical (unpaired) electrons. The van der Waals surface area contributed by atoms with E-state index >= 15 is 0 Å². The van der Waals surface area contributed by atoms with Gasteiger partial charge in [-0.25, -0.2) is 9.97 Å². The molecule has 0 aliphatic heterocycles. The predicted molar refractivity (Wildman–Crippen MR) is 109 cm³/mol. The summed E-state index contributed by atoms with van der Waals surface area (Å²) in [6.07, 6.45) is 7.28. The standard InChI is InChI=1S/C21H19N5O3/c1-11-2-3-23-9-15(11)17-7-13-8-18(24-10-16(13)20(22)25-17)26-19(27)6-12-4-14(5-12)21(28)29/h2-3,6-10,14H,4-5H2,1H3,(H2,22,25)(H,28,29)(H,24,26,27). The molecule has 0 atom stereocenters. The van der Waals surface area contributed by atoms with Gasteiger partial charge >= 0.3 is 5.97 Å². The number of carboxylic acids is 1. The second-order valence-corrected chi connectivity index (χ2v) is 7.11. The predicted octanol–water partition coefficient (Wildman–Crippen LogP) is 2.94. The maximum Gasteiger partial charge on any atom is 0.307 e. The number of nitrogens with zero attached hydrogens (tertiary/aromatic N) is 3. The number of nitrogen functional groups attached to an aromatic ring is 1. The van der Waals surface area contributed by atoms with Crippen molar-refractivity contribution in [2.24, 2.45) is 5.92 Å². The number of anilines is 2. The molecule has 0 aromatic carbocycles. The van der Waals surface area contributed by atoms with Gasteiger partial charge in [0.05, 0.1) is 11.6 Å². The lowest BCUT2D eigenvalue weighted by molar-refractivity contribution is -0.143. The highest BCUT2D eigenvalue weighted by Crippen LogP contribution is 2.33. The monoisotopic (exact) mass is 389 g/mol. The third kappa shape index (κ3) is 3.77. The minimum atomic E-state index is -0.829. The van der Waals surface area contributed by atoms with E-state index in [1.165, 1.54) is 6.08 Å². The number of fused-ring (bicyclic) bond motifs is 1. The summed E-state index contributed by atoms with van der Waals surface area (Å²) >= 11 is 0. The molecule has 29 heavy (non-hydrogen) atoms. The fraction of sp³-hybridized carbons (Fsp3) is 0.190. The summed E-state index contributed by atoms with van der Waals surface area (Å²) in [6.45, 7) is 1.97. The highest BCUT2D eigenvalue weighted by molar-refractivity contribution is 6.01. The number of rotatable bonds is 4. The number of allylic oxidation sites excluding steroid dienone is 1. The molecule has 146 valence electrons. The molecular weight excluding hydrogens is 370 g/mol. The van der Waals surface area contributed by atoms with E-state index < -0.39 is 11.9 Å². The summed E-state index contributed by atoms with van der Waals surface area (Å²) in [5, 5.41) is 13.1. The third-order valence-electron chi connectivity index (χ3n) is 5.01. The molecule has 1 saturated carbocycles. The molecule has 4 N–H and O–H groups in total. The molecule has 1 amide bonds. The first-order valence-corrected chi connectivity index (χ1v) is 9.11. The Bertz CT molecular complexity index is 1160. The van der Waals surface area contributed by atoms with E-state index in [1.807, 2.05) is 19.1 Å². The number of carboxylic acid groups (broad SMARTS) is 1. The maximum absolute atomic E-state index is 12.2. The number of amides is 1. The van der Waals surface area contributed by atoms with Crippen LogP contribution in [0.1, 0.15) is 18.4 Å². The van der Waals surface area contributed by atoms with Crippen molar-refractivity contribution in [1.82, 2.24) is 15.0 Å². The van der Waals surface area contributed by atoms with Gasteiger partial charge in [0.25, 0.3) is 0 Å². The number of hydrogen-bond acceptors (Lipinski definition) is 6. The Kier molecular flexibility index (Phi) is 4.67. The third-order valence-corrected chi connectivity index (χ3v) is 5.01. The van der Waals surface area contributed by atoms with E-state index in [9.17, 15) is 9.59 Å². The second kappa shape index (κ2) is 7.31. The van der Waals surface area contributed by atoms with Gasteiger partial charge in [0.15, 0.2) is 0 Å². The molecule has 0 bridgehead atoms. The van der Waals surface area contributed by atoms with Gasteiger partial charge in [-0.1, -0.05) is 5.57 Å². The molecule has 0 unspecified atom stereocenters. The van der Waals surface area contributed by atoms with Crippen molar-refractivity contribution in [1.29, 1.82) is 0 Å². The highest BCUT2D eigenvalue weighted by Gasteiger charge is 2.29. The average Bonchev–Trinajstić information content (AvgIpc) is 2.64. The van der Waals surface area contributed by atoms with Crippen LogP contribution in [0, 0.1) is 12.8 Å². The van der Waals surface area contributed by atoms with Crippen LogP contribution in [0.15, 0.2) is 48.4 Å². The van der Waals surface area contributed by atoms with Crippen molar-refractivity contribution < 1.29 is 14.7 Å². The lowest BCUT2D eigenvalue weighted by atomic mass is 9.80. The number of nitrogens with two attached hydrogens (primary N) is 1. The van der Waals surface area contributed by atoms with Crippen LogP contribution in [-0.2, 0) is 9.59 Å². The Balaban J connectivity index is 1.59. The highest BCUT2D eigenvalue weighted by atomic mass is 16.4. The molecular formula is C21H19N5O3. The lowest BCUT2D eigenvalue weighted by Crippen LogP contribution is -2.25. The number of aryl methyl sites for hydroxylation is 1. The quantitative estimate of drug-likeness (QED) is 0.585. The van der Waals surface area contributed by atoms with Crippen LogP contribution in [0.5, 0.6) is 0 Å². The van der Waals surface area contributed by atoms with Crippen molar-refractivity contribution in [3.8, 4) is 11.3 Å². The van der Waals surface area contributed by atoms with Gasteiger partial charge in [-0.05, 0) is 48.9 Å². The van der Waals surface area contributed by atoms with Gasteiger partial charge in [0.1, 0.15) is 11.6 Å². The van der Waals surface area contributed by atoms with Gasteiger partial charge in [-0.2, -0.15) is 0 Å². The summed E-state index contributed by atoms with van der Waals surface area (Å²) in [4.78, 5) is 35.9. The summed E-state index contributed by atoms with van der Waals surface area (Å²) in [5.41, 5.74) is 9.53. The number of carbonyl (C=O) groups is 2. The van der Waals surface area contributed by atoms with Crippen LogP contribution in [0.2, 0.25) is 0 Å². The lowest BCUT2D eigenvalue weighted by Gasteiger charge is -2.24. The normalized spacial score (nSPS) is 15.6. The van der Waals surface area contributed by atoms with E-state index in [2.05, 4.69) is 20.3 Å². The van der Waals surface area contributed by atoms with Crippen molar-refractivity contribution in [3.63, 3.8) is 0 Å². The van der Waals surface area contributed by atoms with Crippen LogP contribution in [0.4, 0.5) is 11.6 Å². The molecule has 0 spiro atoms. The fourth-order valence-electron chi connectivity index (χ4n) is 3.33. The second-order valence-electron chi connectivity index (χ2n) is 7.11. The maximum atomic E-state index is 12.2. The molecule has 1 aliphatic rings. The van der Waals surface area contributed by atoms with Crippen molar-refractivity contribution >= 4 is 34.3 Å². The summed E-state index contributed by atoms with van der Waals surface area (Å²) in [5.74, 6) is -0.821. The summed E-state index contributed by atoms with van der Waals surface area (Å²) < 4.78 is 0.